The standard InChI is InChI=1S/C26H20ClFN4OS/c1-14-7-9-15(10-8-14)24-21-22(18-13-16(27)11-12-20(18)33-24)29-25-30-26(34-2)31-32(25)23(21)17-5-3-4-6-19(17)28/h3-13,23-24H,1-2H3,(H,29,30,31)/t23-,24-/m0/s1. The smallest absolute Gasteiger partial charge is 0.227 e. The number of ether oxygens (including phenoxy) is 1. The van der Waals surface area contributed by atoms with E-state index in [0.29, 0.717) is 27.4 Å². The third-order valence-corrected chi connectivity index (χ3v) is 6.95. The summed E-state index contributed by atoms with van der Waals surface area (Å²) >= 11 is 7.82. The van der Waals surface area contributed by atoms with Crippen molar-refractivity contribution in [3.8, 4) is 5.75 Å². The molecule has 170 valence electrons. The number of benzene rings is 3. The van der Waals surface area contributed by atoms with Crippen LogP contribution in [0.5, 0.6) is 5.75 Å². The minimum Gasteiger partial charge on any atom is -0.480 e. The van der Waals surface area contributed by atoms with Crippen LogP contribution < -0.4 is 10.1 Å². The second kappa shape index (κ2) is 8.18. The minimum absolute atomic E-state index is 0.312. The number of fused-ring (bicyclic) bond motifs is 3. The van der Waals surface area contributed by atoms with Gasteiger partial charge in [0.2, 0.25) is 11.1 Å². The van der Waals surface area contributed by atoms with E-state index in [9.17, 15) is 0 Å². The van der Waals surface area contributed by atoms with Gasteiger partial charge >= 0.3 is 0 Å². The van der Waals surface area contributed by atoms with E-state index in [1.54, 1.807) is 16.8 Å². The summed E-state index contributed by atoms with van der Waals surface area (Å²) in [4.78, 5) is 4.64. The Morgan fingerprint density at radius 1 is 1.09 bits per heavy atom. The zero-order valence-corrected chi connectivity index (χ0v) is 20.0. The van der Waals surface area contributed by atoms with Crippen LogP contribution in [-0.4, -0.2) is 21.0 Å². The monoisotopic (exact) mass is 490 g/mol. The molecule has 4 aromatic rings. The number of halogens is 2. The van der Waals surface area contributed by atoms with Crippen LogP contribution >= 0.6 is 23.4 Å². The van der Waals surface area contributed by atoms with Crippen molar-refractivity contribution in [2.75, 3.05) is 11.6 Å². The highest BCUT2D eigenvalue weighted by Crippen LogP contribution is 2.51. The fourth-order valence-electron chi connectivity index (χ4n) is 4.58. The number of anilines is 1. The van der Waals surface area contributed by atoms with Gasteiger partial charge in [0.05, 0.1) is 5.70 Å². The fourth-order valence-corrected chi connectivity index (χ4v) is 5.10. The predicted molar refractivity (Wildman–Crippen MR) is 133 cm³/mol. The average molecular weight is 491 g/mol. The van der Waals surface area contributed by atoms with Crippen molar-refractivity contribution in [3.05, 3.63) is 105 Å². The van der Waals surface area contributed by atoms with Crippen molar-refractivity contribution in [1.29, 1.82) is 0 Å². The van der Waals surface area contributed by atoms with Crippen molar-refractivity contribution >= 4 is 35.0 Å². The summed E-state index contributed by atoms with van der Waals surface area (Å²) in [6, 6.07) is 20.0. The van der Waals surface area contributed by atoms with E-state index >= 15 is 4.39 Å². The third-order valence-electron chi connectivity index (χ3n) is 6.18. The second-order valence-corrected chi connectivity index (χ2v) is 9.50. The Balaban J connectivity index is 1.66. The second-order valence-electron chi connectivity index (χ2n) is 8.30. The summed E-state index contributed by atoms with van der Waals surface area (Å²) in [7, 11) is 0. The van der Waals surface area contributed by atoms with Gasteiger partial charge in [0.1, 0.15) is 23.7 Å². The number of aromatic nitrogens is 3. The number of rotatable bonds is 3. The minimum atomic E-state index is -0.556. The molecule has 2 aliphatic rings. The highest BCUT2D eigenvalue weighted by molar-refractivity contribution is 7.98. The molecule has 0 amide bonds. The Morgan fingerprint density at radius 2 is 1.88 bits per heavy atom. The van der Waals surface area contributed by atoms with E-state index in [2.05, 4.69) is 22.4 Å². The molecule has 0 saturated carbocycles. The summed E-state index contributed by atoms with van der Waals surface area (Å²) in [6.45, 7) is 2.05. The maximum atomic E-state index is 15.3. The van der Waals surface area contributed by atoms with Crippen molar-refractivity contribution in [1.82, 2.24) is 14.8 Å². The van der Waals surface area contributed by atoms with Crippen molar-refractivity contribution in [2.24, 2.45) is 0 Å². The van der Waals surface area contributed by atoms with Gasteiger partial charge in [-0.2, -0.15) is 4.98 Å². The average Bonchev–Trinajstić information content (AvgIpc) is 3.26. The first kappa shape index (κ1) is 21.3. The van der Waals surface area contributed by atoms with Gasteiger partial charge < -0.3 is 10.1 Å². The van der Waals surface area contributed by atoms with Crippen molar-refractivity contribution in [2.45, 2.75) is 24.2 Å². The highest BCUT2D eigenvalue weighted by Gasteiger charge is 2.42. The lowest BCUT2D eigenvalue weighted by Crippen LogP contribution is -2.32. The van der Waals surface area contributed by atoms with Crippen molar-refractivity contribution < 1.29 is 9.13 Å². The SMILES string of the molecule is CSc1nc2n(n1)[C@@H](c1ccccc1F)C1=C(N2)c2cc(Cl)ccc2O[C@H]1c1ccc(C)cc1. The number of aryl methyl sites for hydroxylation is 1. The maximum absolute atomic E-state index is 15.3. The lowest BCUT2D eigenvalue weighted by atomic mass is 9.84. The Bertz CT molecular complexity index is 1450. The first-order valence-electron chi connectivity index (χ1n) is 10.8. The molecule has 0 radical (unpaired) electrons. The Hall–Kier alpha value is -3.29. The molecule has 2 aliphatic heterocycles. The van der Waals surface area contributed by atoms with Gasteiger partial charge in [-0.25, -0.2) is 9.07 Å². The molecule has 5 nitrogen and oxygen atoms in total. The van der Waals surface area contributed by atoms with E-state index in [1.165, 1.54) is 17.8 Å². The van der Waals surface area contributed by atoms with Crippen LogP contribution in [0.4, 0.5) is 10.3 Å². The molecule has 0 aliphatic carbocycles. The topological polar surface area (TPSA) is 52.0 Å². The Kier molecular flexibility index (Phi) is 5.12. The van der Waals surface area contributed by atoms with Crippen LogP contribution in [0.2, 0.25) is 5.02 Å². The molecular formula is C26H20ClFN4OS. The summed E-state index contributed by atoms with van der Waals surface area (Å²) in [5, 5.41) is 9.35. The van der Waals surface area contributed by atoms with Gasteiger partial charge in [-0.05, 0) is 43.0 Å². The van der Waals surface area contributed by atoms with Crippen LogP contribution in [0.1, 0.15) is 34.4 Å². The van der Waals surface area contributed by atoms with Crippen LogP contribution in [0.15, 0.2) is 77.5 Å². The van der Waals surface area contributed by atoms with Gasteiger partial charge in [0, 0.05) is 21.7 Å². The summed E-state index contributed by atoms with van der Waals surface area (Å²) in [5.41, 5.74) is 5.10. The molecule has 6 rings (SSSR count). The molecule has 1 aromatic heterocycles. The fraction of sp³-hybridized carbons (Fsp3) is 0.154. The molecule has 2 atom stereocenters. The normalized spacial score (nSPS) is 18.5. The number of nitrogens with zero attached hydrogens (tertiary/aromatic N) is 3. The van der Waals surface area contributed by atoms with Crippen LogP contribution in [0.25, 0.3) is 5.70 Å². The molecule has 3 heterocycles. The molecule has 0 unspecified atom stereocenters. The quantitative estimate of drug-likeness (QED) is 0.325. The Morgan fingerprint density at radius 3 is 2.65 bits per heavy atom. The molecule has 0 saturated heterocycles. The first-order valence-corrected chi connectivity index (χ1v) is 12.4. The zero-order chi connectivity index (χ0) is 23.4. The van der Waals surface area contributed by atoms with Crippen LogP contribution in [0.3, 0.4) is 0 Å². The summed E-state index contributed by atoms with van der Waals surface area (Å²) < 4.78 is 23.6. The third kappa shape index (κ3) is 3.38. The van der Waals surface area contributed by atoms with E-state index in [1.807, 2.05) is 49.6 Å². The first-order chi connectivity index (χ1) is 16.5. The van der Waals surface area contributed by atoms with Crippen LogP contribution in [-0.2, 0) is 0 Å². The lowest BCUT2D eigenvalue weighted by Gasteiger charge is -2.39. The van der Waals surface area contributed by atoms with Crippen molar-refractivity contribution in [3.63, 3.8) is 0 Å². The molecular weight excluding hydrogens is 471 g/mol. The van der Waals surface area contributed by atoms with Gasteiger partial charge in [-0.1, -0.05) is 71.4 Å². The number of hydrogen-bond donors (Lipinski definition) is 1. The number of thioether (sulfide) groups is 1. The number of nitrogens with one attached hydrogen (secondary N) is 1. The molecule has 0 spiro atoms. The largest absolute Gasteiger partial charge is 0.480 e. The molecule has 3 aromatic carbocycles. The van der Waals surface area contributed by atoms with E-state index < -0.39 is 12.1 Å². The highest BCUT2D eigenvalue weighted by atomic mass is 35.5. The maximum Gasteiger partial charge on any atom is 0.227 e. The van der Waals surface area contributed by atoms with E-state index in [0.717, 1.165) is 28.0 Å². The summed E-state index contributed by atoms with van der Waals surface area (Å²) in [5.74, 6) is 0.936. The Labute approximate surface area is 205 Å². The number of hydrogen-bond acceptors (Lipinski definition) is 5. The molecule has 34 heavy (non-hydrogen) atoms. The predicted octanol–water partition coefficient (Wildman–Crippen LogP) is 6.66. The molecule has 0 bridgehead atoms. The van der Waals surface area contributed by atoms with E-state index in [-0.39, 0.29) is 5.82 Å². The molecule has 1 N–H and O–H groups in total. The molecule has 8 heteroatoms. The van der Waals surface area contributed by atoms with Gasteiger partial charge in [0.15, 0.2) is 0 Å². The van der Waals surface area contributed by atoms with Gasteiger partial charge in [0.25, 0.3) is 0 Å². The zero-order valence-electron chi connectivity index (χ0n) is 18.4. The summed E-state index contributed by atoms with van der Waals surface area (Å²) in [6.07, 6.45) is 1.46. The molecule has 0 fully saturated rings. The van der Waals surface area contributed by atoms with Gasteiger partial charge in [-0.3, -0.25) is 0 Å². The van der Waals surface area contributed by atoms with Crippen LogP contribution in [0, 0.1) is 12.7 Å². The lowest BCUT2D eigenvalue weighted by molar-refractivity contribution is 0.222. The van der Waals surface area contributed by atoms with E-state index in [4.69, 9.17) is 21.4 Å². The van der Waals surface area contributed by atoms with Gasteiger partial charge in [-0.15, -0.1) is 5.10 Å².